The number of benzene rings is 1. The number of hydrogen-bond donors (Lipinski definition) is 1. The lowest BCUT2D eigenvalue weighted by molar-refractivity contribution is -0.147. The van der Waals surface area contributed by atoms with Gasteiger partial charge in [-0.1, -0.05) is 0 Å². The predicted octanol–water partition coefficient (Wildman–Crippen LogP) is 0.776. The zero-order valence-electron chi connectivity index (χ0n) is 12.4. The number of carboxylic acids is 1. The van der Waals surface area contributed by atoms with Crippen LogP contribution in [0.1, 0.15) is 6.42 Å². The molecule has 22 heavy (non-hydrogen) atoms. The van der Waals surface area contributed by atoms with E-state index in [0.29, 0.717) is 24.7 Å². The van der Waals surface area contributed by atoms with E-state index in [9.17, 15) is 9.59 Å². The first kappa shape index (κ1) is 16.1. The fourth-order valence-corrected chi connectivity index (χ4v) is 2.25. The minimum Gasteiger partial charge on any atom is -0.497 e. The van der Waals surface area contributed by atoms with E-state index in [1.165, 1.54) is 4.90 Å². The highest BCUT2D eigenvalue weighted by Crippen LogP contribution is 2.17. The fraction of sp³-hybridized carbons (Fsp3) is 0.467. The minimum atomic E-state index is -0.954. The lowest BCUT2D eigenvalue weighted by atomic mass is 10.1. The number of ether oxygens (including phenoxy) is 3. The number of morpholine rings is 1. The summed E-state index contributed by atoms with van der Waals surface area (Å²) in [5.41, 5.74) is 0. The molecule has 7 heteroatoms. The molecule has 7 nitrogen and oxygen atoms in total. The van der Waals surface area contributed by atoms with Crippen LogP contribution in [0.5, 0.6) is 11.5 Å². The molecule has 1 heterocycles. The summed E-state index contributed by atoms with van der Waals surface area (Å²) < 4.78 is 15.7. The van der Waals surface area contributed by atoms with Gasteiger partial charge in [-0.3, -0.25) is 9.59 Å². The lowest BCUT2D eigenvalue weighted by Gasteiger charge is -2.34. The normalized spacial score (nSPS) is 17.9. The second kappa shape index (κ2) is 7.65. The van der Waals surface area contributed by atoms with Crippen LogP contribution in [0.15, 0.2) is 24.3 Å². The van der Waals surface area contributed by atoms with Crippen LogP contribution in [0.25, 0.3) is 0 Å². The van der Waals surface area contributed by atoms with Crippen LogP contribution < -0.4 is 9.47 Å². The Balaban J connectivity index is 1.90. The van der Waals surface area contributed by atoms with Crippen LogP contribution in [-0.4, -0.2) is 61.4 Å². The Bertz CT molecular complexity index is 515. The SMILES string of the molecule is COc1ccc(OCC(=O)N2CCOCC2CC(=O)O)cc1. The maximum atomic E-state index is 12.2. The Kier molecular flexibility index (Phi) is 5.60. The maximum absolute atomic E-state index is 12.2. The molecule has 1 aliphatic heterocycles. The van der Waals surface area contributed by atoms with Gasteiger partial charge in [0.05, 0.1) is 32.8 Å². The summed E-state index contributed by atoms with van der Waals surface area (Å²) in [6, 6.07) is 6.45. The van der Waals surface area contributed by atoms with Gasteiger partial charge in [0.25, 0.3) is 5.91 Å². The van der Waals surface area contributed by atoms with E-state index in [2.05, 4.69) is 0 Å². The van der Waals surface area contributed by atoms with Crippen LogP contribution in [0, 0.1) is 0 Å². The van der Waals surface area contributed by atoms with Crippen molar-refractivity contribution in [2.75, 3.05) is 33.5 Å². The Morgan fingerprint density at radius 1 is 1.32 bits per heavy atom. The number of carbonyl (C=O) groups is 2. The zero-order valence-corrected chi connectivity index (χ0v) is 12.4. The number of methoxy groups -OCH3 is 1. The smallest absolute Gasteiger partial charge is 0.305 e. The molecular formula is C15H19NO6. The van der Waals surface area contributed by atoms with Crippen molar-refractivity contribution in [2.24, 2.45) is 0 Å². The Morgan fingerprint density at radius 3 is 2.64 bits per heavy atom. The summed E-state index contributed by atoms with van der Waals surface area (Å²) in [4.78, 5) is 24.6. The fourth-order valence-electron chi connectivity index (χ4n) is 2.25. The molecule has 0 radical (unpaired) electrons. The first-order chi connectivity index (χ1) is 10.6. The third kappa shape index (κ3) is 4.36. The highest BCUT2D eigenvalue weighted by molar-refractivity contribution is 5.79. The predicted molar refractivity (Wildman–Crippen MR) is 77.1 cm³/mol. The highest BCUT2D eigenvalue weighted by Gasteiger charge is 2.29. The number of aliphatic carboxylic acids is 1. The van der Waals surface area contributed by atoms with Crippen molar-refractivity contribution in [3.05, 3.63) is 24.3 Å². The van der Waals surface area contributed by atoms with Crippen molar-refractivity contribution < 1.29 is 28.9 Å². The number of amides is 1. The maximum Gasteiger partial charge on any atom is 0.305 e. The molecule has 2 rings (SSSR count). The van der Waals surface area contributed by atoms with E-state index >= 15 is 0 Å². The Labute approximate surface area is 128 Å². The van der Waals surface area contributed by atoms with E-state index in [1.807, 2.05) is 0 Å². The summed E-state index contributed by atoms with van der Waals surface area (Å²) in [6.45, 7) is 0.885. The molecule has 120 valence electrons. The molecule has 1 N–H and O–H groups in total. The van der Waals surface area contributed by atoms with Gasteiger partial charge in [-0.25, -0.2) is 0 Å². The van der Waals surface area contributed by atoms with Gasteiger partial charge in [-0.15, -0.1) is 0 Å². The van der Waals surface area contributed by atoms with Crippen LogP contribution in [0.4, 0.5) is 0 Å². The van der Waals surface area contributed by atoms with Crippen molar-refractivity contribution in [2.45, 2.75) is 12.5 Å². The molecule has 0 aliphatic carbocycles. The van der Waals surface area contributed by atoms with Crippen LogP contribution in [-0.2, 0) is 14.3 Å². The molecule has 1 aromatic carbocycles. The molecular weight excluding hydrogens is 290 g/mol. The molecule has 1 atom stereocenters. The minimum absolute atomic E-state index is 0.131. The molecule has 1 saturated heterocycles. The van der Waals surface area contributed by atoms with E-state index in [-0.39, 0.29) is 25.5 Å². The monoisotopic (exact) mass is 309 g/mol. The second-order valence-corrected chi connectivity index (χ2v) is 4.88. The van der Waals surface area contributed by atoms with Gasteiger partial charge in [0.15, 0.2) is 6.61 Å². The van der Waals surface area contributed by atoms with Crippen molar-refractivity contribution in [1.82, 2.24) is 4.90 Å². The van der Waals surface area contributed by atoms with Gasteiger partial charge in [-0.05, 0) is 24.3 Å². The number of carboxylic acid groups (broad SMARTS) is 1. The number of nitrogens with zero attached hydrogens (tertiary/aromatic N) is 1. The summed E-state index contributed by atoms with van der Waals surface area (Å²) in [5.74, 6) is 0.0558. The van der Waals surface area contributed by atoms with E-state index < -0.39 is 12.0 Å². The van der Waals surface area contributed by atoms with E-state index in [1.54, 1.807) is 31.4 Å². The summed E-state index contributed by atoms with van der Waals surface area (Å²) in [6.07, 6.45) is -0.131. The van der Waals surface area contributed by atoms with Gasteiger partial charge < -0.3 is 24.2 Å². The van der Waals surface area contributed by atoms with Crippen molar-refractivity contribution in [3.8, 4) is 11.5 Å². The average molecular weight is 309 g/mol. The van der Waals surface area contributed by atoms with Gasteiger partial charge in [0.1, 0.15) is 11.5 Å². The average Bonchev–Trinajstić information content (AvgIpc) is 2.53. The van der Waals surface area contributed by atoms with Crippen molar-refractivity contribution >= 4 is 11.9 Å². The standard InChI is InChI=1S/C15H19NO6/c1-20-12-2-4-13(5-3-12)22-10-14(17)16-6-7-21-9-11(16)8-15(18)19/h2-5,11H,6-10H2,1H3,(H,18,19). The molecule has 1 unspecified atom stereocenters. The molecule has 1 aliphatic rings. The second-order valence-electron chi connectivity index (χ2n) is 4.88. The number of rotatable bonds is 6. The number of carbonyl (C=O) groups excluding carboxylic acids is 1. The third-order valence-corrected chi connectivity index (χ3v) is 3.38. The van der Waals surface area contributed by atoms with Crippen LogP contribution in [0.2, 0.25) is 0 Å². The molecule has 0 bridgehead atoms. The van der Waals surface area contributed by atoms with Gasteiger partial charge in [0.2, 0.25) is 0 Å². The van der Waals surface area contributed by atoms with Gasteiger partial charge in [-0.2, -0.15) is 0 Å². The Hall–Kier alpha value is -2.28. The Morgan fingerprint density at radius 2 is 2.00 bits per heavy atom. The highest BCUT2D eigenvalue weighted by atomic mass is 16.5. The summed E-state index contributed by atoms with van der Waals surface area (Å²) in [7, 11) is 1.57. The van der Waals surface area contributed by atoms with Gasteiger partial charge >= 0.3 is 5.97 Å². The van der Waals surface area contributed by atoms with Gasteiger partial charge in [0, 0.05) is 6.54 Å². The van der Waals surface area contributed by atoms with Crippen LogP contribution >= 0.6 is 0 Å². The van der Waals surface area contributed by atoms with Crippen LogP contribution in [0.3, 0.4) is 0 Å². The lowest BCUT2D eigenvalue weighted by Crippen LogP contribution is -2.51. The topological polar surface area (TPSA) is 85.3 Å². The quantitative estimate of drug-likeness (QED) is 0.835. The molecule has 1 aromatic rings. The van der Waals surface area contributed by atoms with E-state index in [0.717, 1.165) is 0 Å². The van der Waals surface area contributed by atoms with Crippen molar-refractivity contribution in [1.29, 1.82) is 0 Å². The third-order valence-electron chi connectivity index (χ3n) is 3.38. The summed E-state index contributed by atoms with van der Waals surface area (Å²) in [5, 5.41) is 8.89. The van der Waals surface area contributed by atoms with Crippen molar-refractivity contribution in [3.63, 3.8) is 0 Å². The molecule has 1 fully saturated rings. The first-order valence-electron chi connectivity index (χ1n) is 6.96. The van der Waals surface area contributed by atoms with E-state index in [4.69, 9.17) is 19.3 Å². The molecule has 0 saturated carbocycles. The number of hydrogen-bond acceptors (Lipinski definition) is 5. The first-order valence-corrected chi connectivity index (χ1v) is 6.96. The zero-order chi connectivity index (χ0) is 15.9. The molecule has 1 amide bonds. The molecule has 0 spiro atoms. The molecule has 0 aromatic heterocycles. The summed E-state index contributed by atoms with van der Waals surface area (Å²) >= 11 is 0. The largest absolute Gasteiger partial charge is 0.497 e.